The van der Waals surface area contributed by atoms with E-state index in [1.165, 1.54) is 40.6 Å². The maximum absolute atomic E-state index is 13.2. The van der Waals surface area contributed by atoms with Gasteiger partial charge in [-0.2, -0.15) is 0 Å². The highest BCUT2D eigenvalue weighted by Crippen LogP contribution is 2.20. The molecule has 2 heterocycles. The van der Waals surface area contributed by atoms with Crippen LogP contribution in [0.15, 0.2) is 64.4 Å². The van der Waals surface area contributed by atoms with Crippen molar-refractivity contribution in [2.75, 3.05) is 13.1 Å². The first-order valence-corrected chi connectivity index (χ1v) is 10.6. The summed E-state index contributed by atoms with van der Waals surface area (Å²) in [5, 5.41) is 10.7. The van der Waals surface area contributed by atoms with Gasteiger partial charge in [0.15, 0.2) is 4.77 Å². The van der Waals surface area contributed by atoms with Crippen molar-refractivity contribution in [2.45, 2.75) is 25.4 Å². The molecule has 1 aliphatic heterocycles. The van der Waals surface area contributed by atoms with Crippen molar-refractivity contribution < 1.29 is 9.50 Å². The zero-order chi connectivity index (χ0) is 21.8. The third kappa shape index (κ3) is 4.98. The lowest BCUT2D eigenvalue weighted by atomic mass is 10.0. The van der Waals surface area contributed by atoms with E-state index >= 15 is 0 Å². The number of likely N-dealkylation sites (tertiary alicyclic amines) is 1. The maximum atomic E-state index is 13.2. The Labute approximate surface area is 184 Å². The van der Waals surface area contributed by atoms with Gasteiger partial charge in [-0.3, -0.25) is 24.2 Å². The molecule has 0 spiro atoms. The summed E-state index contributed by atoms with van der Waals surface area (Å²) in [6.07, 6.45) is 3.17. The third-order valence-electron chi connectivity index (χ3n) is 5.43. The summed E-state index contributed by atoms with van der Waals surface area (Å²) in [4.78, 5) is 21.9. The molecule has 4 rings (SSSR count). The first-order valence-electron chi connectivity index (χ1n) is 10.1. The van der Waals surface area contributed by atoms with Crippen LogP contribution in [0.5, 0.6) is 5.88 Å². The van der Waals surface area contributed by atoms with Crippen LogP contribution in [0.25, 0.3) is 5.69 Å². The maximum Gasteiger partial charge on any atom is 0.264 e. The highest BCUT2D eigenvalue weighted by molar-refractivity contribution is 7.71. The highest BCUT2D eigenvalue weighted by Gasteiger charge is 2.19. The van der Waals surface area contributed by atoms with E-state index in [-0.39, 0.29) is 22.3 Å². The second-order valence-corrected chi connectivity index (χ2v) is 7.97. The molecule has 1 fully saturated rings. The number of hydrogen-bond acceptors (Lipinski definition) is 5. The third-order valence-corrected chi connectivity index (χ3v) is 5.71. The van der Waals surface area contributed by atoms with Crippen molar-refractivity contribution >= 4 is 18.4 Å². The summed E-state index contributed by atoms with van der Waals surface area (Å²) >= 11 is 5.18. The molecular formula is C23H23FN4O2S. The Balaban J connectivity index is 1.48. The van der Waals surface area contributed by atoms with Crippen LogP contribution in [0.3, 0.4) is 0 Å². The summed E-state index contributed by atoms with van der Waals surface area (Å²) in [7, 11) is 0. The molecule has 8 heteroatoms. The Morgan fingerprint density at radius 3 is 2.48 bits per heavy atom. The second kappa shape index (κ2) is 9.36. The molecule has 2 aromatic carbocycles. The summed E-state index contributed by atoms with van der Waals surface area (Å²) in [5.74, 6) is -0.717. The molecule has 31 heavy (non-hydrogen) atoms. The summed E-state index contributed by atoms with van der Waals surface area (Å²) in [6.45, 7) is 2.75. The minimum absolute atomic E-state index is 0.0282. The molecule has 1 aromatic heterocycles. The number of aromatic amines is 1. The van der Waals surface area contributed by atoms with E-state index in [9.17, 15) is 14.3 Å². The van der Waals surface area contributed by atoms with Crippen molar-refractivity contribution in [3.05, 3.63) is 86.7 Å². The average molecular weight is 439 g/mol. The smallest absolute Gasteiger partial charge is 0.264 e. The number of hydrogen-bond donors (Lipinski definition) is 2. The Hall–Kier alpha value is -3.10. The number of aromatic hydroxyl groups is 1. The molecule has 0 unspecified atom stereocenters. The fourth-order valence-corrected chi connectivity index (χ4v) is 4.02. The molecule has 0 atom stereocenters. The van der Waals surface area contributed by atoms with Crippen LogP contribution in [0.2, 0.25) is 0 Å². The predicted molar refractivity (Wildman–Crippen MR) is 121 cm³/mol. The monoisotopic (exact) mass is 438 g/mol. The molecule has 6 nitrogen and oxygen atoms in total. The number of halogens is 1. The summed E-state index contributed by atoms with van der Waals surface area (Å²) in [6, 6.07) is 15.9. The number of aliphatic imine (C=N–C) groups is 1. The van der Waals surface area contributed by atoms with Gasteiger partial charge in [0.2, 0.25) is 5.88 Å². The zero-order valence-electron chi connectivity index (χ0n) is 16.9. The zero-order valence-corrected chi connectivity index (χ0v) is 17.7. The van der Waals surface area contributed by atoms with E-state index in [0.717, 1.165) is 32.5 Å². The first-order chi connectivity index (χ1) is 15.0. The molecule has 0 amide bonds. The van der Waals surface area contributed by atoms with Crippen molar-refractivity contribution in [1.82, 2.24) is 14.5 Å². The van der Waals surface area contributed by atoms with Gasteiger partial charge in [-0.25, -0.2) is 4.39 Å². The Morgan fingerprint density at radius 2 is 1.81 bits per heavy atom. The van der Waals surface area contributed by atoms with Crippen molar-refractivity contribution in [3.63, 3.8) is 0 Å². The van der Waals surface area contributed by atoms with Gasteiger partial charge in [0.05, 0.1) is 11.7 Å². The summed E-state index contributed by atoms with van der Waals surface area (Å²) < 4.78 is 14.6. The SMILES string of the molecule is O=c1[nH]c(=S)n(-c2ccc(F)cc2)c(O)c1C=NC1CCN(Cc2ccccc2)CC1. The van der Waals surface area contributed by atoms with Gasteiger partial charge in [-0.1, -0.05) is 30.3 Å². The molecular weight excluding hydrogens is 415 g/mol. The Morgan fingerprint density at radius 1 is 1.13 bits per heavy atom. The molecule has 0 saturated carbocycles. The quantitative estimate of drug-likeness (QED) is 0.469. The van der Waals surface area contributed by atoms with Gasteiger partial charge in [-0.05, 0) is 54.9 Å². The van der Waals surface area contributed by atoms with E-state index in [4.69, 9.17) is 12.2 Å². The molecule has 3 aromatic rings. The van der Waals surface area contributed by atoms with E-state index in [1.807, 2.05) is 18.2 Å². The Kier molecular flexibility index (Phi) is 6.39. The fraction of sp³-hybridized carbons (Fsp3) is 0.261. The Bertz CT molecular complexity index is 1180. The van der Waals surface area contributed by atoms with Gasteiger partial charge in [0.25, 0.3) is 5.56 Å². The van der Waals surface area contributed by atoms with Crippen LogP contribution in [-0.2, 0) is 6.54 Å². The number of rotatable bonds is 5. The van der Waals surface area contributed by atoms with Crippen LogP contribution < -0.4 is 5.56 Å². The standard InChI is InChI=1S/C23H23FN4O2S/c24-17-6-8-19(9-7-17)28-22(30)20(21(29)26-23(28)31)14-25-18-10-12-27(13-11-18)15-16-4-2-1-3-5-16/h1-9,14,18,30H,10-13,15H2,(H,26,29,31). The lowest BCUT2D eigenvalue weighted by Crippen LogP contribution is -2.34. The van der Waals surface area contributed by atoms with Crippen molar-refractivity contribution in [3.8, 4) is 11.6 Å². The topological polar surface area (TPSA) is 73.6 Å². The van der Waals surface area contributed by atoms with E-state index in [2.05, 4.69) is 27.0 Å². The van der Waals surface area contributed by atoms with Crippen molar-refractivity contribution in [2.24, 2.45) is 4.99 Å². The number of nitrogens with zero attached hydrogens (tertiary/aromatic N) is 3. The van der Waals surface area contributed by atoms with E-state index in [0.29, 0.717) is 5.69 Å². The summed E-state index contributed by atoms with van der Waals surface area (Å²) in [5.41, 5.74) is 1.26. The number of nitrogens with one attached hydrogen (secondary N) is 1. The molecule has 0 bridgehead atoms. The van der Waals surface area contributed by atoms with Crippen LogP contribution in [0.4, 0.5) is 4.39 Å². The molecule has 2 N–H and O–H groups in total. The van der Waals surface area contributed by atoms with Gasteiger partial charge < -0.3 is 5.11 Å². The minimum Gasteiger partial charge on any atom is -0.494 e. The molecule has 160 valence electrons. The molecule has 1 saturated heterocycles. The fourth-order valence-electron chi connectivity index (χ4n) is 3.73. The normalized spacial score (nSPS) is 15.5. The van der Waals surface area contributed by atoms with E-state index < -0.39 is 11.4 Å². The number of benzene rings is 2. The van der Waals surface area contributed by atoms with Crippen LogP contribution in [0, 0.1) is 10.6 Å². The van der Waals surface area contributed by atoms with Crippen LogP contribution >= 0.6 is 12.2 Å². The predicted octanol–water partition coefficient (Wildman–Crippen LogP) is 3.82. The van der Waals surface area contributed by atoms with Crippen LogP contribution in [-0.4, -0.2) is 44.9 Å². The second-order valence-electron chi connectivity index (χ2n) is 7.58. The van der Waals surface area contributed by atoms with Crippen LogP contribution in [0.1, 0.15) is 24.0 Å². The van der Waals surface area contributed by atoms with Crippen molar-refractivity contribution in [1.29, 1.82) is 0 Å². The van der Waals surface area contributed by atoms with Gasteiger partial charge in [0.1, 0.15) is 11.4 Å². The number of aromatic nitrogens is 2. The van der Waals surface area contributed by atoms with Gasteiger partial charge in [-0.15, -0.1) is 0 Å². The molecule has 0 radical (unpaired) electrons. The average Bonchev–Trinajstić information content (AvgIpc) is 2.76. The largest absolute Gasteiger partial charge is 0.494 e. The lowest BCUT2D eigenvalue weighted by molar-refractivity contribution is 0.206. The molecule has 0 aliphatic carbocycles. The minimum atomic E-state index is -0.508. The first kappa shape index (κ1) is 21.1. The van der Waals surface area contributed by atoms with E-state index in [1.54, 1.807) is 0 Å². The lowest BCUT2D eigenvalue weighted by Gasteiger charge is -2.30. The van der Waals surface area contributed by atoms with Gasteiger partial charge in [0, 0.05) is 25.8 Å². The number of piperidine rings is 1. The molecule has 1 aliphatic rings. The van der Waals surface area contributed by atoms with Gasteiger partial charge >= 0.3 is 0 Å². The number of H-pyrrole nitrogens is 1. The highest BCUT2D eigenvalue weighted by atomic mass is 32.1.